The number of thioether (sulfide) groups is 1. The van der Waals surface area contributed by atoms with Gasteiger partial charge in [-0.05, 0) is 25.0 Å². The summed E-state index contributed by atoms with van der Waals surface area (Å²) in [6.07, 6.45) is 6.69. The quantitative estimate of drug-likeness (QED) is 0.643. The van der Waals surface area contributed by atoms with Crippen molar-refractivity contribution in [1.82, 2.24) is 29.9 Å². The van der Waals surface area contributed by atoms with Crippen LogP contribution in [-0.2, 0) is 12.2 Å². The molecule has 1 fully saturated rings. The number of hydrogen-bond acceptors (Lipinski definition) is 7. The summed E-state index contributed by atoms with van der Waals surface area (Å²) in [5.74, 6) is 2.84. The Kier molecular flexibility index (Phi) is 3.82. The lowest BCUT2D eigenvalue weighted by Crippen LogP contribution is -2.00. The fraction of sp³-hybridized carbons (Fsp3) is 0.400. The zero-order chi connectivity index (χ0) is 15.6. The summed E-state index contributed by atoms with van der Waals surface area (Å²) in [5.41, 5.74) is 0.991. The lowest BCUT2D eigenvalue weighted by atomic mass is 10.3. The highest BCUT2D eigenvalue weighted by atomic mass is 32.2. The van der Waals surface area contributed by atoms with Gasteiger partial charge in [0.05, 0.1) is 5.75 Å². The highest BCUT2D eigenvalue weighted by Gasteiger charge is 2.30. The summed E-state index contributed by atoms with van der Waals surface area (Å²) >= 11 is 1.58. The molecule has 7 nitrogen and oxygen atoms in total. The summed E-state index contributed by atoms with van der Waals surface area (Å²) in [6.45, 7) is 2.01. The second-order valence-corrected chi connectivity index (χ2v) is 6.34. The average Bonchev–Trinajstić information content (AvgIpc) is 3.18. The third kappa shape index (κ3) is 2.98. The normalized spacial score (nSPS) is 14.3. The van der Waals surface area contributed by atoms with Gasteiger partial charge in [-0.2, -0.15) is 4.98 Å². The fourth-order valence-electron chi connectivity index (χ4n) is 2.35. The first-order valence-electron chi connectivity index (χ1n) is 7.64. The molecule has 0 bridgehead atoms. The minimum Gasteiger partial charge on any atom is -0.338 e. The van der Waals surface area contributed by atoms with Crippen LogP contribution in [0.25, 0.3) is 11.4 Å². The van der Waals surface area contributed by atoms with Crippen LogP contribution >= 0.6 is 11.8 Å². The van der Waals surface area contributed by atoms with Crippen molar-refractivity contribution in [3.05, 3.63) is 36.2 Å². The lowest BCUT2D eigenvalue weighted by molar-refractivity contribution is 0.385. The van der Waals surface area contributed by atoms with Crippen LogP contribution in [0.15, 0.2) is 34.2 Å². The number of hydrogen-bond donors (Lipinski definition) is 0. The van der Waals surface area contributed by atoms with Gasteiger partial charge < -0.3 is 4.52 Å². The predicted octanol–water partition coefficient (Wildman–Crippen LogP) is 2.91. The molecule has 118 valence electrons. The van der Waals surface area contributed by atoms with E-state index < -0.39 is 0 Å². The maximum atomic E-state index is 5.24. The van der Waals surface area contributed by atoms with Crippen LogP contribution in [0, 0.1) is 0 Å². The average molecular weight is 328 g/mol. The molecule has 4 rings (SSSR count). The Balaban J connectivity index is 1.58. The zero-order valence-electron chi connectivity index (χ0n) is 12.7. The standard InChI is InChI=1S/C15H16N6OS/c1-2-12-17-13(22-20-12)9-23-15-19-18-14(21(15)11-5-6-11)10-4-3-7-16-8-10/h3-4,7-8,11H,2,5-6,9H2,1H3. The van der Waals surface area contributed by atoms with Crippen molar-refractivity contribution in [3.8, 4) is 11.4 Å². The molecule has 1 saturated carbocycles. The van der Waals surface area contributed by atoms with E-state index in [1.54, 1.807) is 18.0 Å². The monoisotopic (exact) mass is 328 g/mol. The Hall–Kier alpha value is -2.22. The summed E-state index contributed by atoms with van der Waals surface area (Å²) in [6, 6.07) is 4.41. The fourth-order valence-corrected chi connectivity index (χ4v) is 3.19. The molecule has 0 aliphatic heterocycles. The molecule has 0 unspecified atom stereocenters. The SMILES string of the molecule is CCc1noc(CSc2nnc(-c3cccnc3)n2C2CC2)n1. The van der Waals surface area contributed by atoms with Gasteiger partial charge in [-0.15, -0.1) is 10.2 Å². The minimum absolute atomic E-state index is 0.483. The van der Waals surface area contributed by atoms with Gasteiger partial charge >= 0.3 is 0 Å². The van der Waals surface area contributed by atoms with Crippen LogP contribution in [-0.4, -0.2) is 29.9 Å². The van der Waals surface area contributed by atoms with Gasteiger partial charge in [0.1, 0.15) is 0 Å². The number of pyridine rings is 1. The number of aromatic nitrogens is 6. The zero-order valence-corrected chi connectivity index (χ0v) is 13.5. The predicted molar refractivity (Wildman–Crippen MR) is 84.8 cm³/mol. The van der Waals surface area contributed by atoms with E-state index in [-0.39, 0.29) is 0 Å². The van der Waals surface area contributed by atoms with E-state index in [9.17, 15) is 0 Å². The minimum atomic E-state index is 0.483. The molecule has 3 aromatic rings. The van der Waals surface area contributed by atoms with Gasteiger partial charge in [0.25, 0.3) is 0 Å². The first kappa shape index (κ1) is 14.4. The molecule has 1 aliphatic rings. The number of aryl methyl sites for hydroxylation is 1. The van der Waals surface area contributed by atoms with E-state index in [2.05, 4.69) is 29.9 Å². The molecular formula is C15H16N6OS. The van der Waals surface area contributed by atoms with Crippen molar-refractivity contribution < 1.29 is 4.52 Å². The second kappa shape index (κ2) is 6.11. The highest BCUT2D eigenvalue weighted by molar-refractivity contribution is 7.98. The number of nitrogens with zero attached hydrogens (tertiary/aromatic N) is 6. The molecule has 0 radical (unpaired) electrons. The Morgan fingerprint density at radius 2 is 2.26 bits per heavy atom. The molecule has 0 atom stereocenters. The number of rotatable bonds is 6. The van der Waals surface area contributed by atoms with Crippen LogP contribution in [0.3, 0.4) is 0 Å². The maximum absolute atomic E-state index is 5.24. The van der Waals surface area contributed by atoms with Crippen molar-refractivity contribution in [2.45, 2.75) is 43.1 Å². The van der Waals surface area contributed by atoms with Gasteiger partial charge in [-0.1, -0.05) is 23.8 Å². The van der Waals surface area contributed by atoms with Gasteiger partial charge in [0.2, 0.25) is 5.89 Å². The van der Waals surface area contributed by atoms with Gasteiger partial charge in [-0.25, -0.2) is 0 Å². The molecule has 0 spiro atoms. The Labute approximate surface area is 137 Å². The molecule has 23 heavy (non-hydrogen) atoms. The van der Waals surface area contributed by atoms with E-state index in [4.69, 9.17) is 4.52 Å². The molecule has 0 saturated heterocycles. The van der Waals surface area contributed by atoms with Gasteiger partial charge in [-0.3, -0.25) is 9.55 Å². The Morgan fingerprint density at radius 1 is 1.35 bits per heavy atom. The summed E-state index contributed by atoms with van der Waals surface area (Å²) in [7, 11) is 0. The van der Waals surface area contributed by atoms with Crippen molar-refractivity contribution in [2.24, 2.45) is 0 Å². The summed E-state index contributed by atoms with van der Waals surface area (Å²) in [5, 5.41) is 13.5. The highest BCUT2D eigenvalue weighted by Crippen LogP contribution is 2.41. The summed E-state index contributed by atoms with van der Waals surface area (Å²) in [4.78, 5) is 8.51. The second-order valence-electron chi connectivity index (χ2n) is 5.40. The van der Waals surface area contributed by atoms with E-state index in [0.29, 0.717) is 17.7 Å². The van der Waals surface area contributed by atoms with Crippen LogP contribution in [0.5, 0.6) is 0 Å². The van der Waals surface area contributed by atoms with E-state index in [0.717, 1.165) is 28.8 Å². The van der Waals surface area contributed by atoms with E-state index in [1.807, 2.05) is 25.3 Å². The topological polar surface area (TPSA) is 82.5 Å². The van der Waals surface area contributed by atoms with Crippen LogP contribution < -0.4 is 0 Å². The molecule has 3 aromatic heterocycles. The van der Waals surface area contributed by atoms with Crippen molar-refractivity contribution in [1.29, 1.82) is 0 Å². The molecule has 0 aromatic carbocycles. The smallest absolute Gasteiger partial charge is 0.237 e. The van der Waals surface area contributed by atoms with Crippen LogP contribution in [0.2, 0.25) is 0 Å². The molecular weight excluding hydrogens is 312 g/mol. The van der Waals surface area contributed by atoms with Crippen molar-refractivity contribution in [2.75, 3.05) is 0 Å². The largest absolute Gasteiger partial charge is 0.338 e. The Bertz CT molecular complexity index is 795. The maximum Gasteiger partial charge on any atom is 0.237 e. The lowest BCUT2D eigenvalue weighted by Gasteiger charge is -2.07. The first-order chi connectivity index (χ1) is 11.3. The van der Waals surface area contributed by atoms with E-state index >= 15 is 0 Å². The van der Waals surface area contributed by atoms with E-state index in [1.165, 1.54) is 12.8 Å². The molecule has 3 heterocycles. The third-order valence-corrected chi connectivity index (χ3v) is 4.58. The summed E-state index contributed by atoms with van der Waals surface area (Å²) < 4.78 is 7.44. The Morgan fingerprint density at radius 3 is 2.96 bits per heavy atom. The van der Waals surface area contributed by atoms with Gasteiger partial charge in [0, 0.05) is 30.4 Å². The first-order valence-corrected chi connectivity index (χ1v) is 8.63. The molecule has 0 N–H and O–H groups in total. The van der Waals surface area contributed by atoms with Crippen LogP contribution in [0.1, 0.15) is 37.5 Å². The van der Waals surface area contributed by atoms with Crippen molar-refractivity contribution >= 4 is 11.8 Å². The van der Waals surface area contributed by atoms with Crippen molar-refractivity contribution in [3.63, 3.8) is 0 Å². The van der Waals surface area contributed by atoms with Crippen LogP contribution in [0.4, 0.5) is 0 Å². The third-order valence-electron chi connectivity index (χ3n) is 3.65. The molecule has 0 amide bonds. The van der Waals surface area contributed by atoms with Gasteiger partial charge in [0.15, 0.2) is 16.8 Å². The molecule has 1 aliphatic carbocycles. The molecule has 8 heteroatoms.